The summed E-state index contributed by atoms with van der Waals surface area (Å²) in [7, 11) is 0. The van der Waals surface area contributed by atoms with Gasteiger partial charge >= 0.3 is 0 Å². The molecule has 0 aliphatic carbocycles. The van der Waals surface area contributed by atoms with Crippen molar-refractivity contribution in [3.8, 4) is 11.5 Å². The van der Waals surface area contributed by atoms with E-state index in [1.165, 1.54) is 6.33 Å². The second-order valence-electron chi connectivity index (χ2n) is 6.00. The van der Waals surface area contributed by atoms with E-state index in [0.717, 1.165) is 18.8 Å². The number of carbonyl (C=O) groups is 1. The Kier molecular flexibility index (Phi) is 4.01. The van der Waals surface area contributed by atoms with E-state index in [1.54, 1.807) is 24.3 Å². The van der Waals surface area contributed by atoms with Crippen LogP contribution < -0.4 is 20.1 Å². The molecular weight excluding hydrogens is 322 g/mol. The van der Waals surface area contributed by atoms with E-state index in [-0.39, 0.29) is 12.7 Å². The van der Waals surface area contributed by atoms with E-state index in [0.29, 0.717) is 42.5 Å². The van der Waals surface area contributed by atoms with Gasteiger partial charge in [-0.25, -0.2) is 9.97 Å². The number of benzene rings is 1. The van der Waals surface area contributed by atoms with Crippen LogP contribution in [0.5, 0.6) is 11.5 Å². The molecule has 4 rings (SSSR count). The molecule has 0 bridgehead atoms. The van der Waals surface area contributed by atoms with Gasteiger partial charge in [-0.3, -0.25) is 4.79 Å². The van der Waals surface area contributed by atoms with Crippen LogP contribution in [0.15, 0.2) is 30.6 Å². The van der Waals surface area contributed by atoms with Crippen molar-refractivity contribution in [2.45, 2.75) is 6.42 Å². The summed E-state index contributed by atoms with van der Waals surface area (Å²) in [6, 6.07) is 7.07. The van der Waals surface area contributed by atoms with Crippen LogP contribution in [0.2, 0.25) is 0 Å². The summed E-state index contributed by atoms with van der Waals surface area (Å²) in [4.78, 5) is 25.0. The summed E-state index contributed by atoms with van der Waals surface area (Å²) in [5.41, 5.74) is 6.35. The lowest BCUT2D eigenvalue weighted by molar-refractivity contribution is 0.0766. The van der Waals surface area contributed by atoms with Gasteiger partial charge in [-0.15, -0.1) is 0 Å². The smallest absolute Gasteiger partial charge is 0.254 e. The number of hydrogen-bond acceptors (Lipinski definition) is 7. The maximum absolute atomic E-state index is 12.8. The van der Waals surface area contributed by atoms with Crippen molar-refractivity contribution in [3.05, 3.63) is 36.2 Å². The third-order valence-corrected chi connectivity index (χ3v) is 4.40. The molecule has 0 radical (unpaired) electrons. The molecule has 0 spiro atoms. The molecule has 1 amide bonds. The first-order valence-corrected chi connectivity index (χ1v) is 8.22. The summed E-state index contributed by atoms with van der Waals surface area (Å²) in [5, 5.41) is 0. The number of nitrogens with zero attached hydrogens (tertiary/aromatic N) is 4. The molecule has 0 atom stereocenters. The highest BCUT2D eigenvalue weighted by molar-refractivity contribution is 5.95. The van der Waals surface area contributed by atoms with Crippen molar-refractivity contribution in [3.63, 3.8) is 0 Å². The zero-order valence-corrected chi connectivity index (χ0v) is 13.7. The highest BCUT2D eigenvalue weighted by Gasteiger charge is 2.23. The first kappa shape index (κ1) is 15.5. The highest BCUT2D eigenvalue weighted by atomic mass is 16.7. The average molecular weight is 341 g/mol. The SMILES string of the molecule is Nc1cc(N2CCCN(C(=O)c3ccc4c(c3)OCO4)CC2)ncn1. The second kappa shape index (κ2) is 6.46. The lowest BCUT2D eigenvalue weighted by Crippen LogP contribution is -2.35. The predicted octanol–water partition coefficient (Wildman–Crippen LogP) is 1.14. The number of amides is 1. The lowest BCUT2D eigenvalue weighted by Gasteiger charge is -2.23. The molecule has 25 heavy (non-hydrogen) atoms. The van der Waals surface area contributed by atoms with E-state index >= 15 is 0 Å². The van der Waals surface area contributed by atoms with E-state index in [9.17, 15) is 4.79 Å². The molecule has 1 aromatic carbocycles. The van der Waals surface area contributed by atoms with Gasteiger partial charge in [0, 0.05) is 37.8 Å². The maximum Gasteiger partial charge on any atom is 0.254 e. The molecule has 2 aliphatic heterocycles. The van der Waals surface area contributed by atoms with Gasteiger partial charge < -0.3 is 25.0 Å². The quantitative estimate of drug-likeness (QED) is 0.875. The molecule has 2 N–H and O–H groups in total. The molecule has 2 aromatic rings. The minimum Gasteiger partial charge on any atom is -0.454 e. The third-order valence-electron chi connectivity index (χ3n) is 4.40. The van der Waals surface area contributed by atoms with Gasteiger partial charge in [0.05, 0.1) is 0 Å². The Labute approximate surface area is 145 Å². The van der Waals surface area contributed by atoms with Gasteiger partial charge in [0.2, 0.25) is 6.79 Å². The summed E-state index contributed by atoms with van der Waals surface area (Å²) in [6.45, 7) is 3.04. The number of fused-ring (bicyclic) bond motifs is 1. The standard InChI is InChI=1S/C17H19N5O3/c18-15-9-16(20-10-19-15)21-4-1-5-22(7-6-21)17(23)12-2-3-13-14(8-12)25-11-24-13/h2-3,8-10H,1,4-7,11H2,(H2,18,19,20). The molecule has 2 aliphatic rings. The second-order valence-corrected chi connectivity index (χ2v) is 6.00. The number of carbonyl (C=O) groups excluding carboxylic acids is 1. The molecule has 1 fully saturated rings. The monoisotopic (exact) mass is 341 g/mol. The predicted molar refractivity (Wildman–Crippen MR) is 91.7 cm³/mol. The maximum atomic E-state index is 12.8. The molecule has 8 heteroatoms. The van der Waals surface area contributed by atoms with Crippen LogP contribution in [0.4, 0.5) is 11.6 Å². The van der Waals surface area contributed by atoms with Crippen molar-refractivity contribution >= 4 is 17.5 Å². The largest absolute Gasteiger partial charge is 0.454 e. The van der Waals surface area contributed by atoms with Crippen LogP contribution in [0, 0.1) is 0 Å². The van der Waals surface area contributed by atoms with Gasteiger partial charge in [-0.05, 0) is 24.6 Å². The fraction of sp³-hybridized carbons (Fsp3) is 0.353. The molecule has 1 saturated heterocycles. The van der Waals surface area contributed by atoms with Crippen molar-refractivity contribution in [1.29, 1.82) is 0 Å². The Bertz CT molecular complexity index is 798. The molecule has 8 nitrogen and oxygen atoms in total. The van der Waals surface area contributed by atoms with Crippen molar-refractivity contribution in [1.82, 2.24) is 14.9 Å². The lowest BCUT2D eigenvalue weighted by atomic mass is 10.1. The van der Waals surface area contributed by atoms with Crippen molar-refractivity contribution < 1.29 is 14.3 Å². The molecule has 1 aromatic heterocycles. The number of nitrogens with two attached hydrogens (primary N) is 1. The topological polar surface area (TPSA) is 93.8 Å². The molecular formula is C17H19N5O3. The Morgan fingerprint density at radius 2 is 1.92 bits per heavy atom. The van der Waals surface area contributed by atoms with Gasteiger partial charge in [0.1, 0.15) is 18.0 Å². The van der Waals surface area contributed by atoms with Crippen LogP contribution in [0.1, 0.15) is 16.8 Å². The van der Waals surface area contributed by atoms with E-state index in [1.807, 2.05) is 4.90 Å². The number of hydrogen-bond donors (Lipinski definition) is 1. The Morgan fingerprint density at radius 3 is 2.80 bits per heavy atom. The van der Waals surface area contributed by atoms with E-state index in [2.05, 4.69) is 14.9 Å². The van der Waals surface area contributed by atoms with Crippen LogP contribution in [0.3, 0.4) is 0 Å². The van der Waals surface area contributed by atoms with Crippen LogP contribution >= 0.6 is 0 Å². The fourth-order valence-electron chi connectivity index (χ4n) is 3.10. The zero-order valence-electron chi connectivity index (χ0n) is 13.7. The van der Waals surface area contributed by atoms with E-state index < -0.39 is 0 Å². The normalized spacial score (nSPS) is 16.6. The Morgan fingerprint density at radius 1 is 1.04 bits per heavy atom. The first-order chi connectivity index (χ1) is 12.2. The minimum atomic E-state index is 0.00218. The first-order valence-electron chi connectivity index (χ1n) is 8.22. The van der Waals surface area contributed by atoms with Gasteiger partial charge in [0.25, 0.3) is 5.91 Å². The average Bonchev–Trinajstić information content (AvgIpc) is 2.95. The van der Waals surface area contributed by atoms with E-state index in [4.69, 9.17) is 15.2 Å². The molecule has 0 saturated carbocycles. The minimum absolute atomic E-state index is 0.00218. The highest BCUT2D eigenvalue weighted by Crippen LogP contribution is 2.32. The van der Waals surface area contributed by atoms with Gasteiger partial charge in [-0.1, -0.05) is 0 Å². The zero-order chi connectivity index (χ0) is 17.2. The number of ether oxygens (including phenoxy) is 2. The summed E-state index contributed by atoms with van der Waals surface area (Å²) >= 11 is 0. The van der Waals surface area contributed by atoms with Crippen LogP contribution in [-0.4, -0.2) is 53.7 Å². The number of anilines is 2. The van der Waals surface area contributed by atoms with Crippen LogP contribution in [-0.2, 0) is 0 Å². The third kappa shape index (κ3) is 3.15. The number of nitrogen functional groups attached to an aromatic ring is 1. The molecule has 3 heterocycles. The van der Waals surface area contributed by atoms with Gasteiger partial charge in [0.15, 0.2) is 11.5 Å². The summed E-state index contributed by atoms with van der Waals surface area (Å²) in [6.07, 6.45) is 2.32. The summed E-state index contributed by atoms with van der Waals surface area (Å²) < 4.78 is 10.7. The van der Waals surface area contributed by atoms with Crippen LogP contribution in [0.25, 0.3) is 0 Å². The number of rotatable bonds is 2. The van der Waals surface area contributed by atoms with Crippen molar-refractivity contribution in [2.75, 3.05) is 43.6 Å². The van der Waals surface area contributed by atoms with Gasteiger partial charge in [-0.2, -0.15) is 0 Å². The Balaban J connectivity index is 1.46. The molecule has 130 valence electrons. The fourth-order valence-corrected chi connectivity index (χ4v) is 3.10. The Hall–Kier alpha value is -3.03. The molecule has 0 unspecified atom stereocenters. The number of aromatic nitrogens is 2. The van der Waals surface area contributed by atoms with Crippen molar-refractivity contribution in [2.24, 2.45) is 0 Å². The summed E-state index contributed by atoms with van der Waals surface area (Å²) in [5.74, 6) is 2.55.